The van der Waals surface area contributed by atoms with Crippen LogP contribution in [0.25, 0.3) is 0 Å². The fourth-order valence-corrected chi connectivity index (χ4v) is 1.66. The molecule has 1 aromatic heterocycles. The number of benzene rings is 1. The van der Waals surface area contributed by atoms with Crippen LogP contribution < -0.4 is 11.1 Å². The summed E-state index contributed by atoms with van der Waals surface area (Å²) in [6.45, 7) is 3.77. The van der Waals surface area contributed by atoms with Gasteiger partial charge in [-0.1, -0.05) is 6.07 Å². The number of nitrogens with one attached hydrogen (secondary N) is 1. The Morgan fingerprint density at radius 2 is 2.06 bits per heavy atom. The zero-order chi connectivity index (χ0) is 13.1. The summed E-state index contributed by atoms with van der Waals surface area (Å²) in [5.41, 5.74) is 9.54. The summed E-state index contributed by atoms with van der Waals surface area (Å²) in [6, 6.07) is 7.24. The van der Waals surface area contributed by atoms with Gasteiger partial charge in [-0.05, 0) is 43.2 Å². The summed E-state index contributed by atoms with van der Waals surface area (Å²) in [5.74, 6) is -0.181. The molecule has 3 N–H and O–H groups in total. The molecular weight excluding hydrogens is 226 g/mol. The molecule has 1 heterocycles. The van der Waals surface area contributed by atoms with Crippen LogP contribution in [0.1, 0.15) is 21.5 Å². The van der Waals surface area contributed by atoms with Crippen LogP contribution >= 0.6 is 0 Å². The first-order valence-electron chi connectivity index (χ1n) is 5.66. The summed E-state index contributed by atoms with van der Waals surface area (Å²) in [5, 5.41) is 2.84. The Hall–Kier alpha value is -2.36. The van der Waals surface area contributed by atoms with Gasteiger partial charge in [-0.15, -0.1) is 0 Å². The lowest BCUT2D eigenvalue weighted by Crippen LogP contribution is -2.13. The molecule has 0 unspecified atom stereocenters. The van der Waals surface area contributed by atoms with Crippen LogP contribution in [0.15, 0.2) is 36.7 Å². The summed E-state index contributed by atoms with van der Waals surface area (Å²) < 4.78 is 0. The van der Waals surface area contributed by atoms with Crippen molar-refractivity contribution in [2.45, 2.75) is 13.8 Å². The van der Waals surface area contributed by atoms with E-state index in [1.165, 1.54) is 0 Å². The van der Waals surface area contributed by atoms with E-state index in [-0.39, 0.29) is 5.91 Å². The lowest BCUT2D eigenvalue weighted by Gasteiger charge is -2.10. The Morgan fingerprint density at radius 1 is 1.28 bits per heavy atom. The summed E-state index contributed by atoms with van der Waals surface area (Å²) in [7, 11) is 0. The Morgan fingerprint density at radius 3 is 2.78 bits per heavy atom. The number of carbonyl (C=O) groups excluding carboxylic acids is 1. The second-order valence-electron chi connectivity index (χ2n) is 4.22. The monoisotopic (exact) mass is 241 g/mol. The predicted molar refractivity (Wildman–Crippen MR) is 72.5 cm³/mol. The molecule has 0 fully saturated rings. The number of nitrogens with two attached hydrogens (primary N) is 1. The molecule has 2 rings (SSSR count). The third-order valence-corrected chi connectivity index (χ3v) is 2.76. The first-order chi connectivity index (χ1) is 8.58. The van der Waals surface area contributed by atoms with Gasteiger partial charge in [0.2, 0.25) is 0 Å². The van der Waals surface area contributed by atoms with Crippen molar-refractivity contribution < 1.29 is 4.79 Å². The summed E-state index contributed by atoms with van der Waals surface area (Å²) in [4.78, 5) is 16.0. The van der Waals surface area contributed by atoms with Gasteiger partial charge in [0, 0.05) is 23.8 Å². The molecule has 0 aliphatic rings. The van der Waals surface area contributed by atoms with E-state index in [1.807, 2.05) is 26.0 Å². The number of anilines is 2. The van der Waals surface area contributed by atoms with E-state index >= 15 is 0 Å². The normalized spacial score (nSPS) is 10.1. The van der Waals surface area contributed by atoms with Gasteiger partial charge in [0.15, 0.2) is 0 Å². The molecule has 0 saturated carbocycles. The second kappa shape index (κ2) is 4.87. The molecule has 18 heavy (non-hydrogen) atoms. The first kappa shape index (κ1) is 12.1. The Labute approximate surface area is 106 Å². The van der Waals surface area contributed by atoms with Crippen molar-refractivity contribution in [1.29, 1.82) is 0 Å². The van der Waals surface area contributed by atoms with E-state index in [4.69, 9.17) is 5.73 Å². The standard InChI is InChI=1S/C14H15N3O/c1-9-6-11(8-16-7-9)14(18)17-13-5-3-4-12(15)10(13)2/h3-8H,15H2,1-2H3,(H,17,18). The van der Waals surface area contributed by atoms with Crippen molar-refractivity contribution in [3.8, 4) is 0 Å². The number of pyridine rings is 1. The van der Waals surface area contributed by atoms with Crippen molar-refractivity contribution in [2.24, 2.45) is 0 Å². The van der Waals surface area contributed by atoms with Crippen molar-refractivity contribution in [2.75, 3.05) is 11.1 Å². The minimum absolute atomic E-state index is 0.181. The fourth-order valence-electron chi connectivity index (χ4n) is 1.66. The van der Waals surface area contributed by atoms with Gasteiger partial charge >= 0.3 is 0 Å². The highest BCUT2D eigenvalue weighted by Gasteiger charge is 2.09. The van der Waals surface area contributed by atoms with E-state index in [1.54, 1.807) is 24.5 Å². The molecule has 1 aromatic carbocycles. The quantitative estimate of drug-likeness (QED) is 0.794. The minimum atomic E-state index is -0.181. The van der Waals surface area contributed by atoms with Crippen molar-refractivity contribution in [3.63, 3.8) is 0 Å². The molecule has 0 saturated heterocycles. The highest BCUT2D eigenvalue weighted by atomic mass is 16.1. The van der Waals surface area contributed by atoms with Crippen LogP contribution in [0.3, 0.4) is 0 Å². The Balaban J connectivity index is 2.24. The van der Waals surface area contributed by atoms with E-state index in [2.05, 4.69) is 10.3 Å². The molecule has 0 spiro atoms. The molecule has 2 aromatic rings. The van der Waals surface area contributed by atoms with Crippen LogP contribution in [0.4, 0.5) is 11.4 Å². The fraction of sp³-hybridized carbons (Fsp3) is 0.143. The van der Waals surface area contributed by atoms with Crippen LogP contribution in [0, 0.1) is 13.8 Å². The number of hydrogen-bond donors (Lipinski definition) is 2. The van der Waals surface area contributed by atoms with Crippen LogP contribution in [0.2, 0.25) is 0 Å². The largest absolute Gasteiger partial charge is 0.398 e. The second-order valence-corrected chi connectivity index (χ2v) is 4.22. The average molecular weight is 241 g/mol. The zero-order valence-electron chi connectivity index (χ0n) is 10.4. The molecule has 0 radical (unpaired) electrons. The molecule has 0 aliphatic heterocycles. The smallest absolute Gasteiger partial charge is 0.257 e. The molecule has 92 valence electrons. The number of amides is 1. The van der Waals surface area contributed by atoms with Crippen molar-refractivity contribution in [3.05, 3.63) is 53.3 Å². The lowest BCUT2D eigenvalue weighted by molar-refractivity contribution is 0.102. The number of nitrogens with zero attached hydrogens (tertiary/aromatic N) is 1. The maximum atomic E-state index is 12.0. The Kier molecular flexibility index (Phi) is 3.28. The highest BCUT2D eigenvalue weighted by molar-refractivity contribution is 6.04. The maximum Gasteiger partial charge on any atom is 0.257 e. The van der Waals surface area contributed by atoms with E-state index in [0.29, 0.717) is 11.3 Å². The number of rotatable bonds is 2. The SMILES string of the molecule is Cc1cncc(C(=O)Nc2cccc(N)c2C)c1. The predicted octanol–water partition coefficient (Wildman–Crippen LogP) is 2.53. The van der Waals surface area contributed by atoms with Gasteiger partial charge < -0.3 is 11.1 Å². The molecule has 0 atom stereocenters. The third-order valence-electron chi connectivity index (χ3n) is 2.76. The van der Waals surface area contributed by atoms with Gasteiger partial charge in [-0.2, -0.15) is 0 Å². The number of aromatic nitrogens is 1. The Bertz CT molecular complexity index is 593. The van der Waals surface area contributed by atoms with Crippen LogP contribution in [-0.2, 0) is 0 Å². The zero-order valence-corrected chi connectivity index (χ0v) is 10.4. The lowest BCUT2D eigenvalue weighted by atomic mass is 10.1. The topological polar surface area (TPSA) is 68.0 Å². The van der Waals surface area contributed by atoms with E-state index in [9.17, 15) is 4.79 Å². The van der Waals surface area contributed by atoms with E-state index < -0.39 is 0 Å². The number of nitrogen functional groups attached to an aromatic ring is 1. The van der Waals surface area contributed by atoms with Gasteiger partial charge in [-0.25, -0.2) is 0 Å². The molecular formula is C14H15N3O. The summed E-state index contributed by atoms with van der Waals surface area (Å²) in [6.07, 6.45) is 3.26. The number of hydrogen-bond acceptors (Lipinski definition) is 3. The van der Waals surface area contributed by atoms with Crippen molar-refractivity contribution >= 4 is 17.3 Å². The number of aryl methyl sites for hydroxylation is 1. The van der Waals surface area contributed by atoms with Crippen LogP contribution in [0.5, 0.6) is 0 Å². The van der Waals surface area contributed by atoms with Gasteiger partial charge in [0.25, 0.3) is 5.91 Å². The number of carbonyl (C=O) groups is 1. The molecule has 4 nitrogen and oxygen atoms in total. The van der Waals surface area contributed by atoms with Gasteiger partial charge in [0.05, 0.1) is 5.56 Å². The third kappa shape index (κ3) is 2.48. The molecule has 0 bridgehead atoms. The van der Waals surface area contributed by atoms with E-state index in [0.717, 1.165) is 16.8 Å². The maximum absolute atomic E-state index is 12.0. The van der Waals surface area contributed by atoms with Crippen molar-refractivity contribution in [1.82, 2.24) is 4.98 Å². The van der Waals surface area contributed by atoms with Gasteiger partial charge in [-0.3, -0.25) is 9.78 Å². The summed E-state index contributed by atoms with van der Waals surface area (Å²) >= 11 is 0. The average Bonchev–Trinajstić information content (AvgIpc) is 2.35. The molecule has 4 heteroatoms. The highest BCUT2D eigenvalue weighted by Crippen LogP contribution is 2.21. The minimum Gasteiger partial charge on any atom is -0.398 e. The van der Waals surface area contributed by atoms with Crippen LogP contribution in [-0.4, -0.2) is 10.9 Å². The first-order valence-corrected chi connectivity index (χ1v) is 5.66. The van der Waals surface area contributed by atoms with Gasteiger partial charge in [0.1, 0.15) is 0 Å². The molecule has 1 amide bonds. The molecule has 0 aliphatic carbocycles.